The molecule has 0 aromatic rings. The monoisotopic (exact) mass is 144 g/mol. The van der Waals surface area contributed by atoms with Crippen molar-refractivity contribution in [2.75, 3.05) is 14.1 Å². The topological polar surface area (TPSA) is 29.3 Å². The zero-order valence-electron chi connectivity index (χ0n) is 7.76. The highest BCUT2D eigenvalue weighted by atomic mass is 15.1. The van der Waals surface area contributed by atoms with Gasteiger partial charge in [-0.05, 0) is 34.0 Å². The van der Waals surface area contributed by atoms with Crippen LogP contribution >= 0.6 is 0 Å². The first-order chi connectivity index (χ1) is 4.68. The van der Waals surface area contributed by atoms with Crippen LogP contribution in [0.25, 0.3) is 0 Å². The smallest absolute Gasteiger partial charge is 0.0224 e. The van der Waals surface area contributed by atoms with Crippen LogP contribution in [-0.2, 0) is 0 Å². The molecule has 0 aliphatic carbocycles. The minimum absolute atomic E-state index is 0.617. The summed E-state index contributed by atoms with van der Waals surface area (Å²) in [7, 11) is 3.57. The third kappa shape index (κ3) is 7.50. The zero-order valence-corrected chi connectivity index (χ0v) is 7.76. The second-order valence-electron chi connectivity index (χ2n) is 2.24. The van der Waals surface area contributed by atoms with Gasteiger partial charge in [0.25, 0.3) is 0 Å². The van der Waals surface area contributed by atoms with Crippen molar-refractivity contribution in [3.8, 4) is 0 Å². The molecular formula is C8H20N2. The van der Waals surface area contributed by atoms with Crippen LogP contribution in [-0.4, -0.2) is 25.0 Å². The van der Waals surface area contributed by atoms with Crippen LogP contribution in [0.5, 0.6) is 0 Å². The predicted octanol–water partition coefficient (Wildman–Crippen LogP) is 1.44. The summed E-state index contributed by atoms with van der Waals surface area (Å²) in [6, 6.07) is 0.617. The molecule has 0 bridgehead atoms. The molecule has 62 valence electrons. The lowest BCUT2D eigenvalue weighted by Crippen LogP contribution is -2.19. The van der Waals surface area contributed by atoms with Crippen molar-refractivity contribution in [1.29, 1.82) is 0 Å². The van der Waals surface area contributed by atoms with Crippen LogP contribution in [0.3, 0.4) is 0 Å². The minimum Gasteiger partial charge on any atom is -0.378 e. The van der Waals surface area contributed by atoms with Crippen LogP contribution in [0.4, 0.5) is 0 Å². The summed E-state index contributed by atoms with van der Waals surface area (Å²) in [5.41, 5.74) is 4.50. The number of nitrogens with two attached hydrogens (primary N) is 1. The Bertz CT molecular complexity index is 77.3. The number of hydrogen-bond acceptors (Lipinski definition) is 2. The summed E-state index contributed by atoms with van der Waals surface area (Å²) in [6.45, 7) is 6.36. The fourth-order valence-corrected chi connectivity index (χ4v) is 0.407. The Morgan fingerprint density at radius 3 is 1.80 bits per heavy atom. The third-order valence-corrected chi connectivity index (χ3v) is 1.20. The van der Waals surface area contributed by atoms with Crippen molar-refractivity contribution >= 4 is 0 Å². The maximum absolute atomic E-state index is 4.50. The van der Waals surface area contributed by atoms with Crippen LogP contribution in [0.15, 0.2) is 12.3 Å². The fraction of sp³-hybridized carbons (Fsp3) is 0.750. The van der Waals surface area contributed by atoms with Crippen molar-refractivity contribution in [3.05, 3.63) is 12.3 Å². The average Bonchev–Trinajstić information content (AvgIpc) is 1.93. The van der Waals surface area contributed by atoms with Gasteiger partial charge in [-0.25, -0.2) is 0 Å². The molecule has 2 nitrogen and oxygen atoms in total. The van der Waals surface area contributed by atoms with Gasteiger partial charge < -0.3 is 10.6 Å². The average molecular weight is 144 g/mol. The van der Waals surface area contributed by atoms with Gasteiger partial charge in [0.2, 0.25) is 0 Å². The summed E-state index contributed by atoms with van der Waals surface area (Å²) < 4.78 is 0. The normalized spacial score (nSPS) is 9.50. The van der Waals surface area contributed by atoms with Crippen LogP contribution in [0.2, 0.25) is 0 Å². The van der Waals surface area contributed by atoms with Gasteiger partial charge in [-0.2, -0.15) is 0 Å². The quantitative estimate of drug-likeness (QED) is 0.635. The molecule has 0 fully saturated rings. The van der Waals surface area contributed by atoms with E-state index in [2.05, 4.69) is 37.7 Å². The SMILES string of the molecule is C/C=C\N(C)C(C)C.CN. The van der Waals surface area contributed by atoms with Crippen molar-refractivity contribution in [2.24, 2.45) is 5.73 Å². The summed E-state index contributed by atoms with van der Waals surface area (Å²) in [5.74, 6) is 0. The molecule has 0 aromatic carbocycles. The van der Waals surface area contributed by atoms with E-state index in [9.17, 15) is 0 Å². The Hall–Kier alpha value is -0.500. The van der Waals surface area contributed by atoms with Gasteiger partial charge in [0.1, 0.15) is 0 Å². The summed E-state index contributed by atoms with van der Waals surface area (Å²) >= 11 is 0. The van der Waals surface area contributed by atoms with E-state index in [1.165, 1.54) is 7.05 Å². The van der Waals surface area contributed by atoms with Crippen molar-refractivity contribution < 1.29 is 0 Å². The van der Waals surface area contributed by atoms with Crippen LogP contribution in [0.1, 0.15) is 20.8 Å². The molecule has 0 radical (unpaired) electrons. The molecule has 0 heterocycles. The molecule has 0 aliphatic heterocycles. The van der Waals surface area contributed by atoms with Gasteiger partial charge in [0.15, 0.2) is 0 Å². The Labute approximate surface area is 64.7 Å². The van der Waals surface area contributed by atoms with Gasteiger partial charge in [0.05, 0.1) is 0 Å². The van der Waals surface area contributed by atoms with Gasteiger partial charge in [-0.3, -0.25) is 0 Å². The van der Waals surface area contributed by atoms with Crippen molar-refractivity contribution in [2.45, 2.75) is 26.8 Å². The molecular weight excluding hydrogens is 124 g/mol. The van der Waals surface area contributed by atoms with Gasteiger partial charge in [0, 0.05) is 13.1 Å². The Balaban J connectivity index is 0. The second-order valence-corrected chi connectivity index (χ2v) is 2.24. The zero-order chi connectivity index (χ0) is 8.57. The molecule has 2 N–H and O–H groups in total. The lowest BCUT2D eigenvalue weighted by atomic mass is 10.4. The molecule has 0 aliphatic rings. The number of rotatable bonds is 2. The van der Waals surface area contributed by atoms with Crippen LogP contribution in [0, 0.1) is 0 Å². The van der Waals surface area contributed by atoms with E-state index in [-0.39, 0.29) is 0 Å². The molecule has 0 saturated heterocycles. The maximum Gasteiger partial charge on any atom is 0.0224 e. The standard InChI is InChI=1S/C7H15N.CH5N/c1-5-6-8(4)7(2)3;1-2/h5-7H,1-4H3;2H2,1H3/b6-5-;. The molecule has 0 aromatic heterocycles. The number of hydrogen-bond donors (Lipinski definition) is 1. The highest BCUT2D eigenvalue weighted by Crippen LogP contribution is 1.92. The first-order valence-corrected chi connectivity index (χ1v) is 3.61. The van der Waals surface area contributed by atoms with Crippen molar-refractivity contribution in [3.63, 3.8) is 0 Å². The van der Waals surface area contributed by atoms with Crippen molar-refractivity contribution in [1.82, 2.24) is 4.90 Å². The Kier molecular flexibility index (Phi) is 10.4. The molecule has 0 atom stereocenters. The second kappa shape index (κ2) is 8.50. The predicted molar refractivity (Wildman–Crippen MR) is 47.8 cm³/mol. The lowest BCUT2D eigenvalue weighted by Gasteiger charge is -2.17. The fourth-order valence-electron chi connectivity index (χ4n) is 0.407. The molecule has 10 heavy (non-hydrogen) atoms. The Morgan fingerprint density at radius 2 is 1.70 bits per heavy atom. The van der Waals surface area contributed by atoms with Crippen LogP contribution < -0.4 is 5.73 Å². The minimum atomic E-state index is 0.617. The summed E-state index contributed by atoms with van der Waals surface area (Å²) in [5, 5.41) is 0. The van der Waals surface area contributed by atoms with E-state index < -0.39 is 0 Å². The molecule has 0 amide bonds. The van der Waals surface area contributed by atoms with Gasteiger partial charge >= 0.3 is 0 Å². The van der Waals surface area contributed by atoms with Gasteiger partial charge in [-0.1, -0.05) is 6.08 Å². The van der Waals surface area contributed by atoms with E-state index in [0.29, 0.717) is 6.04 Å². The highest BCUT2D eigenvalue weighted by Gasteiger charge is 1.92. The summed E-state index contributed by atoms with van der Waals surface area (Å²) in [4.78, 5) is 2.17. The number of nitrogens with zero attached hydrogens (tertiary/aromatic N) is 1. The number of allylic oxidation sites excluding steroid dienone is 1. The van der Waals surface area contributed by atoms with E-state index in [4.69, 9.17) is 0 Å². The van der Waals surface area contributed by atoms with E-state index in [1.807, 2.05) is 13.0 Å². The molecule has 0 spiro atoms. The van der Waals surface area contributed by atoms with Gasteiger partial charge in [-0.15, -0.1) is 0 Å². The molecule has 2 heteroatoms. The first-order valence-electron chi connectivity index (χ1n) is 3.61. The van der Waals surface area contributed by atoms with E-state index >= 15 is 0 Å². The molecule has 0 saturated carbocycles. The highest BCUT2D eigenvalue weighted by molar-refractivity contribution is 4.77. The first kappa shape index (κ1) is 12.2. The maximum atomic E-state index is 4.50. The lowest BCUT2D eigenvalue weighted by molar-refractivity contribution is 0.375. The molecule has 0 unspecified atom stereocenters. The molecule has 0 rings (SSSR count). The summed E-state index contributed by atoms with van der Waals surface area (Å²) in [6.07, 6.45) is 4.12. The van der Waals surface area contributed by atoms with E-state index in [0.717, 1.165) is 0 Å². The van der Waals surface area contributed by atoms with E-state index in [1.54, 1.807) is 0 Å². The third-order valence-electron chi connectivity index (χ3n) is 1.20. The largest absolute Gasteiger partial charge is 0.378 e. The Morgan fingerprint density at radius 1 is 1.30 bits per heavy atom.